The monoisotopic (exact) mass is 424 g/mol. The summed E-state index contributed by atoms with van der Waals surface area (Å²) in [4.78, 5) is 18.7. The second-order valence-corrected chi connectivity index (χ2v) is 10.00. The number of amides is 1. The normalized spacial score (nSPS) is 15.8. The highest BCUT2D eigenvalue weighted by Gasteiger charge is 2.31. The highest BCUT2D eigenvalue weighted by atomic mass is 32.2. The van der Waals surface area contributed by atoms with Crippen molar-refractivity contribution in [3.8, 4) is 11.5 Å². The van der Waals surface area contributed by atoms with Crippen LogP contribution < -0.4 is 0 Å². The van der Waals surface area contributed by atoms with Crippen LogP contribution in [-0.2, 0) is 20.4 Å². The van der Waals surface area contributed by atoms with Gasteiger partial charge in [-0.2, -0.15) is 4.98 Å². The maximum atomic E-state index is 12.8. The second-order valence-electron chi connectivity index (χ2n) is 7.93. The number of carbonyl (C=O) groups is 1. The molecule has 1 aliphatic rings. The van der Waals surface area contributed by atoms with Crippen molar-refractivity contribution in [2.24, 2.45) is 0 Å². The lowest BCUT2D eigenvalue weighted by molar-refractivity contribution is -0.133. The van der Waals surface area contributed by atoms with Crippen LogP contribution in [0.25, 0.3) is 11.5 Å². The standard InChI is InChI=1S/C19H28N4O5S/c1-12(2)23(15-8-6-5-7-9-15)17(24)11-29(25,26)10-16-20-19(28-22-16)18-13(3)21-27-14(18)4/h12,15H,5-11H2,1-4H3. The molecule has 2 heterocycles. The molecular weight excluding hydrogens is 396 g/mol. The summed E-state index contributed by atoms with van der Waals surface area (Å²) < 4.78 is 35.6. The summed E-state index contributed by atoms with van der Waals surface area (Å²) in [6.45, 7) is 7.29. The first-order valence-corrected chi connectivity index (χ1v) is 11.8. The van der Waals surface area contributed by atoms with Crippen LogP contribution in [0.15, 0.2) is 9.05 Å². The van der Waals surface area contributed by atoms with Crippen molar-refractivity contribution < 1.29 is 22.3 Å². The molecule has 0 radical (unpaired) electrons. The van der Waals surface area contributed by atoms with Gasteiger partial charge in [0.15, 0.2) is 15.7 Å². The summed E-state index contributed by atoms with van der Waals surface area (Å²) >= 11 is 0. The largest absolute Gasteiger partial charge is 0.361 e. The van der Waals surface area contributed by atoms with Gasteiger partial charge in [0.25, 0.3) is 5.89 Å². The number of nitrogens with zero attached hydrogens (tertiary/aromatic N) is 4. The molecule has 1 fully saturated rings. The van der Waals surface area contributed by atoms with E-state index < -0.39 is 21.3 Å². The fraction of sp³-hybridized carbons (Fsp3) is 0.684. The first-order chi connectivity index (χ1) is 13.7. The Labute approximate surface area is 170 Å². The molecule has 1 amide bonds. The average Bonchev–Trinajstić information content (AvgIpc) is 3.20. The fourth-order valence-electron chi connectivity index (χ4n) is 3.99. The van der Waals surface area contributed by atoms with Gasteiger partial charge in [0.1, 0.15) is 22.8 Å². The Morgan fingerprint density at radius 1 is 1.14 bits per heavy atom. The summed E-state index contributed by atoms with van der Waals surface area (Å²) in [6, 6.07) is 0.0693. The van der Waals surface area contributed by atoms with Crippen LogP contribution in [0.2, 0.25) is 0 Å². The van der Waals surface area contributed by atoms with E-state index in [1.807, 2.05) is 13.8 Å². The van der Waals surface area contributed by atoms with Crippen molar-refractivity contribution in [1.29, 1.82) is 0 Å². The summed E-state index contributed by atoms with van der Waals surface area (Å²) in [5.74, 6) is -0.693. The summed E-state index contributed by atoms with van der Waals surface area (Å²) in [7, 11) is -3.74. The Kier molecular flexibility index (Phi) is 6.40. The van der Waals surface area contributed by atoms with E-state index in [2.05, 4.69) is 15.3 Å². The fourth-order valence-corrected chi connectivity index (χ4v) is 5.12. The van der Waals surface area contributed by atoms with Gasteiger partial charge in [-0.05, 0) is 40.5 Å². The van der Waals surface area contributed by atoms with Gasteiger partial charge in [0.2, 0.25) is 5.91 Å². The molecule has 29 heavy (non-hydrogen) atoms. The molecule has 1 saturated carbocycles. The number of hydrogen-bond acceptors (Lipinski definition) is 8. The van der Waals surface area contributed by atoms with Crippen LogP contribution in [0.1, 0.15) is 63.2 Å². The van der Waals surface area contributed by atoms with Crippen LogP contribution in [-0.4, -0.2) is 52.4 Å². The zero-order chi connectivity index (χ0) is 21.2. The van der Waals surface area contributed by atoms with Crippen LogP contribution in [0.5, 0.6) is 0 Å². The molecule has 0 aliphatic heterocycles. The zero-order valence-corrected chi connectivity index (χ0v) is 18.2. The summed E-state index contributed by atoms with van der Waals surface area (Å²) in [5, 5.41) is 7.58. The Morgan fingerprint density at radius 3 is 2.41 bits per heavy atom. The Balaban J connectivity index is 1.70. The lowest BCUT2D eigenvalue weighted by atomic mass is 9.93. The molecule has 3 rings (SSSR count). The molecule has 1 aliphatic carbocycles. The first kappa shape index (κ1) is 21.5. The van der Waals surface area contributed by atoms with Crippen molar-refractivity contribution in [3.05, 3.63) is 17.3 Å². The Morgan fingerprint density at radius 2 is 1.83 bits per heavy atom. The van der Waals surface area contributed by atoms with Gasteiger partial charge >= 0.3 is 0 Å². The molecule has 0 aromatic carbocycles. The smallest absolute Gasteiger partial charge is 0.263 e. The summed E-state index contributed by atoms with van der Waals surface area (Å²) in [6.07, 6.45) is 5.16. The molecule has 2 aromatic heterocycles. The number of rotatable bonds is 7. The Bertz CT molecular complexity index is 938. The highest BCUT2D eigenvalue weighted by Crippen LogP contribution is 2.26. The van der Waals surface area contributed by atoms with E-state index in [0.717, 1.165) is 25.7 Å². The first-order valence-electron chi connectivity index (χ1n) is 9.95. The van der Waals surface area contributed by atoms with E-state index in [-0.39, 0.29) is 29.7 Å². The van der Waals surface area contributed by atoms with E-state index in [9.17, 15) is 13.2 Å². The van der Waals surface area contributed by atoms with Crippen LogP contribution in [0, 0.1) is 13.8 Å². The number of hydrogen-bond donors (Lipinski definition) is 0. The SMILES string of the molecule is Cc1noc(C)c1-c1nc(CS(=O)(=O)CC(=O)N(C(C)C)C2CCCCC2)no1. The van der Waals surface area contributed by atoms with E-state index in [0.29, 0.717) is 17.0 Å². The molecule has 0 atom stereocenters. The van der Waals surface area contributed by atoms with E-state index >= 15 is 0 Å². The minimum absolute atomic E-state index is 0.0153. The van der Waals surface area contributed by atoms with Crippen molar-refractivity contribution in [3.63, 3.8) is 0 Å². The predicted octanol–water partition coefficient (Wildman–Crippen LogP) is 2.83. The third-order valence-corrected chi connectivity index (χ3v) is 6.60. The molecule has 160 valence electrons. The van der Waals surface area contributed by atoms with E-state index in [1.54, 1.807) is 18.7 Å². The maximum Gasteiger partial charge on any atom is 0.263 e. The molecule has 2 aromatic rings. The molecule has 0 N–H and O–H groups in total. The van der Waals surface area contributed by atoms with Crippen molar-refractivity contribution in [1.82, 2.24) is 20.2 Å². The third kappa shape index (κ3) is 5.04. The van der Waals surface area contributed by atoms with Gasteiger partial charge in [-0.3, -0.25) is 4.79 Å². The van der Waals surface area contributed by atoms with Crippen LogP contribution in [0.3, 0.4) is 0 Å². The molecule has 9 nitrogen and oxygen atoms in total. The highest BCUT2D eigenvalue weighted by molar-refractivity contribution is 7.91. The van der Waals surface area contributed by atoms with Crippen LogP contribution >= 0.6 is 0 Å². The van der Waals surface area contributed by atoms with Gasteiger partial charge < -0.3 is 13.9 Å². The minimum Gasteiger partial charge on any atom is -0.361 e. The third-order valence-electron chi connectivity index (χ3n) is 5.22. The lowest BCUT2D eigenvalue weighted by Crippen LogP contribution is -2.48. The Hall–Kier alpha value is -2.23. The second kappa shape index (κ2) is 8.64. The average molecular weight is 425 g/mol. The number of aromatic nitrogens is 3. The molecule has 0 saturated heterocycles. The molecule has 10 heteroatoms. The van der Waals surface area contributed by atoms with Gasteiger partial charge in [-0.15, -0.1) is 0 Å². The quantitative estimate of drug-likeness (QED) is 0.665. The van der Waals surface area contributed by atoms with E-state index in [1.165, 1.54) is 6.42 Å². The molecule has 0 spiro atoms. The number of carbonyl (C=O) groups excluding carboxylic acids is 1. The van der Waals surface area contributed by atoms with Crippen molar-refractivity contribution >= 4 is 15.7 Å². The summed E-state index contributed by atoms with van der Waals surface area (Å²) in [5.41, 5.74) is 1.14. The number of sulfone groups is 1. The molecular formula is C19H28N4O5S. The molecule has 0 bridgehead atoms. The number of aryl methyl sites for hydroxylation is 2. The lowest BCUT2D eigenvalue weighted by Gasteiger charge is -2.37. The molecule has 0 unspecified atom stereocenters. The van der Waals surface area contributed by atoms with Crippen molar-refractivity contribution in [2.75, 3.05) is 5.75 Å². The van der Waals surface area contributed by atoms with Gasteiger partial charge in [0.05, 0.1) is 5.69 Å². The van der Waals surface area contributed by atoms with Gasteiger partial charge in [-0.1, -0.05) is 29.6 Å². The van der Waals surface area contributed by atoms with Crippen molar-refractivity contribution in [2.45, 2.75) is 77.6 Å². The zero-order valence-electron chi connectivity index (χ0n) is 17.3. The topological polar surface area (TPSA) is 119 Å². The van der Waals surface area contributed by atoms with Gasteiger partial charge in [0, 0.05) is 12.1 Å². The minimum atomic E-state index is -3.74. The van der Waals surface area contributed by atoms with E-state index in [4.69, 9.17) is 9.05 Å². The predicted molar refractivity (Wildman–Crippen MR) is 106 cm³/mol. The van der Waals surface area contributed by atoms with Gasteiger partial charge in [-0.25, -0.2) is 8.42 Å². The van der Waals surface area contributed by atoms with Crippen LogP contribution in [0.4, 0.5) is 0 Å². The maximum absolute atomic E-state index is 12.8.